The van der Waals surface area contributed by atoms with Crippen molar-refractivity contribution in [2.75, 3.05) is 13.1 Å². The highest BCUT2D eigenvalue weighted by Gasteiger charge is 2.27. The van der Waals surface area contributed by atoms with E-state index in [9.17, 15) is 4.79 Å². The van der Waals surface area contributed by atoms with Crippen LogP contribution in [0.4, 0.5) is 0 Å². The van der Waals surface area contributed by atoms with Gasteiger partial charge in [-0.05, 0) is 19.8 Å². The van der Waals surface area contributed by atoms with E-state index in [4.69, 9.17) is 10.3 Å². The van der Waals surface area contributed by atoms with Gasteiger partial charge in [0.15, 0.2) is 0 Å². The number of aryl methyl sites for hydroxylation is 1. The molecule has 1 aliphatic rings. The smallest absolute Gasteiger partial charge is 0.229 e. The van der Waals surface area contributed by atoms with Gasteiger partial charge in [-0.25, -0.2) is 0 Å². The van der Waals surface area contributed by atoms with Crippen LogP contribution in [0.25, 0.3) is 0 Å². The molecular formula is C11H17N3O2. The lowest BCUT2D eigenvalue weighted by molar-refractivity contribution is -0.131. The number of nitrogens with two attached hydrogens (primary N) is 1. The van der Waals surface area contributed by atoms with E-state index < -0.39 is 0 Å². The van der Waals surface area contributed by atoms with Crippen LogP contribution < -0.4 is 5.73 Å². The number of carbonyl (C=O) groups is 1. The van der Waals surface area contributed by atoms with Crippen molar-refractivity contribution in [3.8, 4) is 0 Å². The molecule has 0 aliphatic carbocycles. The summed E-state index contributed by atoms with van der Waals surface area (Å²) in [6.45, 7) is 3.18. The van der Waals surface area contributed by atoms with Gasteiger partial charge in [-0.3, -0.25) is 4.79 Å². The van der Waals surface area contributed by atoms with Gasteiger partial charge in [0.05, 0.1) is 12.1 Å². The van der Waals surface area contributed by atoms with Crippen molar-refractivity contribution >= 4 is 5.91 Å². The lowest BCUT2D eigenvalue weighted by Crippen LogP contribution is -2.40. The van der Waals surface area contributed by atoms with Gasteiger partial charge >= 0.3 is 0 Å². The Labute approximate surface area is 94.6 Å². The van der Waals surface area contributed by atoms with Crippen LogP contribution >= 0.6 is 0 Å². The first kappa shape index (κ1) is 11.1. The van der Waals surface area contributed by atoms with Crippen LogP contribution in [0.5, 0.6) is 0 Å². The van der Waals surface area contributed by atoms with Crippen molar-refractivity contribution in [3.63, 3.8) is 0 Å². The quantitative estimate of drug-likeness (QED) is 0.808. The Balaban J connectivity index is 1.97. The number of hydrogen-bond donors (Lipinski definition) is 1. The summed E-state index contributed by atoms with van der Waals surface area (Å²) in [5, 5.41) is 3.82. The maximum absolute atomic E-state index is 12.0. The van der Waals surface area contributed by atoms with Crippen LogP contribution in [-0.2, 0) is 11.2 Å². The van der Waals surface area contributed by atoms with E-state index in [0.717, 1.165) is 25.1 Å². The number of nitrogens with zero attached hydrogens (tertiary/aromatic N) is 2. The molecular weight excluding hydrogens is 206 g/mol. The summed E-state index contributed by atoms with van der Waals surface area (Å²) in [5.74, 6) is 0.834. The zero-order valence-electron chi connectivity index (χ0n) is 9.48. The molecule has 16 heavy (non-hydrogen) atoms. The number of rotatable bonds is 3. The van der Waals surface area contributed by atoms with Gasteiger partial charge in [0.1, 0.15) is 5.76 Å². The van der Waals surface area contributed by atoms with Crippen LogP contribution in [0, 0.1) is 6.92 Å². The summed E-state index contributed by atoms with van der Waals surface area (Å²) in [4.78, 5) is 13.8. The van der Waals surface area contributed by atoms with E-state index in [1.165, 1.54) is 0 Å². The highest BCUT2D eigenvalue weighted by atomic mass is 16.5. The number of amides is 1. The average Bonchev–Trinajstić information content (AvgIpc) is 2.86. The Morgan fingerprint density at radius 1 is 1.75 bits per heavy atom. The van der Waals surface area contributed by atoms with Gasteiger partial charge in [-0.2, -0.15) is 0 Å². The Morgan fingerprint density at radius 3 is 3.19 bits per heavy atom. The highest BCUT2D eigenvalue weighted by molar-refractivity contribution is 5.79. The fourth-order valence-electron chi connectivity index (χ4n) is 2.17. The Bertz CT molecular complexity index is 375. The molecule has 2 N–H and O–H groups in total. The molecule has 1 aromatic rings. The van der Waals surface area contributed by atoms with E-state index in [0.29, 0.717) is 18.7 Å². The Morgan fingerprint density at radius 2 is 2.56 bits per heavy atom. The van der Waals surface area contributed by atoms with Gasteiger partial charge in [0, 0.05) is 25.2 Å². The summed E-state index contributed by atoms with van der Waals surface area (Å²) in [6, 6.07) is 2.01. The monoisotopic (exact) mass is 223 g/mol. The lowest BCUT2D eigenvalue weighted by Gasteiger charge is -2.22. The van der Waals surface area contributed by atoms with E-state index in [1.54, 1.807) is 6.07 Å². The molecule has 0 bridgehead atoms. The van der Waals surface area contributed by atoms with Crippen molar-refractivity contribution in [2.45, 2.75) is 32.2 Å². The van der Waals surface area contributed by atoms with Crippen LogP contribution in [0.15, 0.2) is 10.6 Å². The normalized spacial score (nSPS) is 20.4. The molecule has 1 aliphatic heterocycles. The molecule has 1 aromatic heterocycles. The predicted molar refractivity (Wildman–Crippen MR) is 58.7 cm³/mol. The molecule has 1 saturated heterocycles. The third-order valence-electron chi connectivity index (χ3n) is 2.98. The molecule has 88 valence electrons. The summed E-state index contributed by atoms with van der Waals surface area (Å²) in [6.07, 6.45) is 2.37. The van der Waals surface area contributed by atoms with Gasteiger partial charge in [0.2, 0.25) is 5.91 Å². The minimum atomic E-state index is 0.0984. The topological polar surface area (TPSA) is 72.4 Å². The van der Waals surface area contributed by atoms with E-state index >= 15 is 0 Å². The summed E-state index contributed by atoms with van der Waals surface area (Å²) < 4.78 is 4.94. The summed E-state index contributed by atoms with van der Waals surface area (Å²) in [5.41, 5.74) is 6.33. The van der Waals surface area contributed by atoms with Crippen molar-refractivity contribution in [1.82, 2.24) is 10.1 Å². The Kier molecular flexibility index (Phi) is 3.24. The van der Waals surface area contributed by atoms with Gasteiger partial charge in [-0.15, -0.1) is 0 Å². The highest BCUT2D eigenvalue weighted by Crippen LogP contribution is 2.17. The van der Waals surface area contributed by atoms with Crippen LogP contribution in [-0.4, -0.2) is 35.1 Å². The molecule has 0 spiro atoms. The fourth-order valence-corrected chi connectivity index (χ4v) is 2.17. The van der Waals surface area contributed by atoms with Crippen molar-refractivity contribution < 1.29 is 9.32 Å². The van der Waals surface area contributed by atoms with Crippen LogP contribution in [0.3, 0.4) is 0 Å². The number of carbonyl (C=O) groups excluding carboxylic acids is 1. The molecule has 0 saturated carbocycles. The minimum Gasteiger partial charge on any atom is -0.361 e. The van der Waals surface area contributed by atoms with Crippen LogP contribution in [0.1, 0.15) is 24.3 Å². The molecule has 0 radical (unpaired) electrons. The Hall–Kier alpha value is -1.36. The van der Waals surface area contributed by atoms with Crippen molar-refractivity contribution in [1.29, 1.82) is 0 Å². The molecule has 1 unspecified atom stereocenters. The second-order valence-corrected chi connectivity index (χ2v) is 4.22. The maximum Gasteiger partial charge on any atom is 0.229 e. The van der Waals surface area contributed by atoms with Gasteiger partial charge in [0.25, 0.3) is 0 Å². The van der Waals surface area contributed by atoms with Crippen LogP contribution in [0.2, 0.25) is 0 Å². The second kappa shape index (κ2) is 4.65. The zero-order chi connectivity index (χ0) is 11.5. The first-order valence-corrected chi connectivity index (χ1v) is 5.62. The fraction of sp³-hybridized carbons (Fsp3) is 0.636. The number of likely N-dealkylation sites (tertiary alicyclic amines) is 1. The van der Waals surface area contributed by atoms with Gasteiger partial charge < -0.3 is 15.2 Å². The molecule has 0 aromatic carbocycles. The maximum atomic E-state index is 12.0. The SMILES string of the molecule is Cc1cc(CC(=O)N2CCCC2CN)no1. The summed E-state index contributed by atoms with van der Waals surface area (Å²) in [7, 11) is 0. The first-order chi connectivity index (χ1) is 7.70. The standard InChI is InChI=1S/C11H17N3O2/c1-8-5-9(13-16-8)6-11(15)14-4-2-3-10(14)7-12/h5,10H,2-4,6-7,12H2,1H3. The van der Waals surface area contributed by atoms with E-state index in [-0.39, 0.29) is 11.9 Å². The molecule has 2 heterocycles. The molecule has 1 atom stereocenters. The zero-order valence-corrected chi connectivity index (χ0v) is 9.48. The second-order valence-electron chi connectivity index (χ2n) is 4.22. The van der Waals surface area contributed by atoms with E-state index in [1.807, 2.05) is 11.8 Å². The summed E-state index contributed by atoms with van der Waals surface area (Å²) >= 11 is 0. The molecule has 1 amide bonds. The van der Waals surface area contributed by atoms with Gasteiger partial charge in [-0.1, -0.05) is 5.16 Å². The largest absolute Gasteiger partial charge is 0.361 e. The average molecular weight is 223 g/mol. The number of hydrogen-bond acceptors (Lipinski definition) is 4. The third kappa shape index (κ3) is 2.24. The molecule has 5 nitrogen and oxygen atoms in total. The molecule has 1 fully saturated rings. The number of aromatic nitrogens is 1. The first-order valence-electron chi connectivity index (χ1n) is 5.62. The van der Waals surface area contributed by atoms with E-state index in [2.05, 4.69) is 5.16 Å². The van der Waals surface area contributed by atoms with Crippen molar-refractivity contribution in [3.05, 3.63) is 17.5 Å². The lowest BCUT2D eigenvalue weighted by atomic mass is 10.2. The third-order valence-corrected chi connectivity index (χ3v) is 2.98. The van der Waals surface area contributed by atoms with Crippen molar-refractivity contribution in [2.24, 2.45) is 5.73 Å². The minimum absolute atomic E-state index is 0.0984. The molecule has 5 heteroatoms. The predicted octanol–water partition coefficient (Wildman–Crippen LogP) is 0.475. The molecule has 2 rings (SSSR count).